The van der Waals surface area contributed by atoms with Crippen LogP contribution in [-0.2, 0) is 19.6 Å². The summed E-state index contributed by atoms with van der Waals surface area (Å²) in [6.07, 6.45) is 0.798. The van der Waals surface area contributed by atoms with Gasteiger partial charge in [-0.1, -0.05) is 35.9 Å². The van der Waals surface area contributed by atoms with Gasteiger partial charge < -0.3 is 10.1 Å². The van der Waals surface area contributed by atoms with Crippen LogP contribution in [0.15, 0.2) is 66.7 Å². The lowest BCUT2D eigenvalue weighted by atomic mass is 10.1. The van der Waals surface area contributed by atoms with Crippen LogP contribution in [0.5, 0.6) is 5.75 Å². The summed E-state index contributed by atoms with van der Waals surface area (Å²) in [5.41, 5.74) is 2.91. The highest BCUT2D eigenvalue weighted by Gasteiger charge is 2.06. The Balaban J connectivity index is 1.55. The molecule has 2 nitrogen and oxygen atoms in total. The number of rotatable bonds is 8. The lowest BCUT2D eigenvalue weighted by Crippen LogP contribution is -2.17. The molecule has 0 atom stereocenters. The molecule has 0 bridgehead atoms. The summed E-state index contributed by atoms with van der Waals surface area (Å²) in [6.45, 7) is 1.69. The second-order valence-corrected chi connectivity index (χ2v) is 6.66. The molecule has 140 valence electrons. The Morgan fingerprint density at radius 2 is 1.44 bits per heavy atom. The van der Waals surface area contributed by atoms with Crippen molar-refractivity contribution in [3.63, 3.8) is 0 Å². The van der Waals surface area contributed by atoms with Crippen molar-refractivity contribution in [1.29, 1.82) is 0 Å². The summed E-state index contributed by atoms with van der Waals surface area (Å²) < 4.78 is 31.8. The second-order valence-electron chi connectivity index (χ2n) is 6.22. The molecule has 0 aliphatic rings. The Kier molecular flexibility index (Phi) is 6.80. The van der Waals surface area contributed by atoms with Crippen LogP contribution in [0.3, 0.4) is 0 Å². The van der Waals surface area contributed by atoms with E-state index in [-0.39, 0.29) is 11.6 Å². The van der Waals surface area contributed by atoms with Gasteiger partial charge in [-0.25, -0.2) is 8.78 Å². The number of nitrogens with one attached hydrogen (secondary N) is 1. The van der Waals surface area contributed by atoms with E-state index in [2.05, 4.69) is 5.32 Å². The van der Waals surface area contributed by atoms with E-state index in [1.54, 1.807) is 30.3 Å². The third kappa shape index (κ3) is 6.05. The quantitative estimate of drug-likeness (QED) is 0.513. The Morgan fingerprint density at radius 3 is 2.11 bits per heavy atom. The molecule has 0 aliphatic carbocycles. The van der Waals surface area contributed by atoms with Crippen LogP contribution in [-0.4, -0.2) is 6.54 Å². The van der Waals surface area contributed by atoms with Crippen molar-refractivity contribution in [3.8, 4) is 5.75 Å². The van der Waals surface area contributed by atoms with Crippen LogP contribution in [0.25, 0.3) is 0 Å². The summed E-state index contributed by atoms with van der Waals surface area (Å²) in [4.78, 5) is 0. The van der Waals surface area contributed by atoms with Gasteiger partial charge in [0.05, 0.1) is 0 Å². The highest BCUT2D eigenvalue weighted by molar-refractivity contribution is 6.30. The van der Waals surface area contributed by atoms with Gasteiger partial charge in [-0.05, 0) is 66.6 Å². The smallest absolute Gasteiger partial charge is 0.124 e. The third-order valence-electron chi connectivity index (χ3n) is 4.15. The number of hydrogen-bond acceptors (Lipinski definition) is 2. The van der Waals surface area contributed by atoms with Gasteiger partial charge in [0.2, 0.25) is 0 Å². The highest BCUT2D eigenvalue weighted by Crippen LogP contribution is 2.24. The zero-order chi connectivity index (χ0) is 19.1. The predicted molar refractivity (Wildman–Crippen MR) is 104 cm³/mol. The first-order chi connectivity index (χ1) is 13.1. The molecule has 0 heterocycles. The topological polar surface area (TPSA) is 21.3 Å². The molecule has 0 aromatic heterocycles. The maximum absolute atomic E-state index is 13.0. The van der Waals surface area contributed by atoms with Crippen LogP contribution < -0.4 is 10.1 Å². The van der Waals surface area contributed by atoms with Crippen molar-refractivity contribution in [2.24, 2.45) is 0 Å². The van der Waals surface area contributed by atoms with E-state index in [9.17, 15) is 8.78 Å². The second kappa shape index (κ2) is 9.49. The van der Waals surface area contributed by atoms with E-state index < -0.39 is 0 Å². The minimum atomic E-state index is -0.267. The molecule has 0 saturated carbocycles. The summed E-state index contributed by atoms with van der Waals surface area (Å²) in [5, 5.41) is 3.99. The number of halogens is 3. The fourth-order valence-electron chi connectivity index (χ4n) is 2.68. The molecular formula is C22H20ClF2NO. The zero-order valence-electron chi connectivity index (χ0n) is 14.7. The molecule has 0 amide bonds. The first-order valence-corrected chi connectivity index (χ1v) is 9.09. The highest BCUT2D eigenvalue weighted by atomic mass is 35.5. The molecule has 5 heteroatoms. The molecule has 3 aromatic rings. The summed E-state index contributed by atoms with van der Waals surface area (Å²) in [6, 6.07) is 18.2. The van der Waals surface area contributed by atoms with Gasteiger partial charge in [-0.3, -0.25) is 0 Å². The maximum atomic E-state index is 13.0. The first-order valence-electron chi connectivity index (χ1n) is 8.71. The summed E-state index contributed by atoms with van der Waals surface area (Å²) in [5.74, 6) is 0.239. The van der Waals surface area contributed by atoms with E-state index in [1.165, 1.54) is 24.3 Å². The number of benzene rings is 3. The SMILES string of the molecule is Fc1ccc(CCNCc2cc(Cl)ccc2OCc2ccc(F)cc2)cc1. The molecule has 0 unspecified atom stereocenters. The molecule has 3 aromatic carbocycles. The fourth-order valence-corrected chi connectivity index (χ4v) is 2.87. The standard InChI is InChI=1S/C22H20ClF2NO/c23-19-5-10-22(27-15-17-3-8-21(25)9-4-17)18(13-19)14-26-12-11-16-1-6-20(24)7-2-16/h1-10,13,26H,11-12,14-15H2. The lowest BCUT2D eigenvalue weighted by molar-refractivity contribution is 0.302. The van der Waals surface area contributed by atoms with Crippen molar-refractivity contribution >= 4 is 11.6 Å². The molecule has 0 spiro atoms. The third-order valence-corrected chi connectivity index (χ3v) is 4.38. The molecular weight excluding hydrogens is 368 g/mol. The monoisotopic (exact) mass is 387 g/mol. The van der Waals surface area contributed by atoms with Crippen molar-refractivity contribution in [2.45, 2.75) is 19.6 Å². The van der Waals surface area contributed by atoms with Crippen LogP contribution in [0.4, 0.5) is 8.78 Å². The summed E-state index contributed by atoms with van der Waals surface area (Å²) >= 11 is 6.11. The van der Waals surface area contributed by atoms with Crippen LogP contribution in [0.2, 0.25) is 5.02 Å². The van der Waals surface area contributed by atoms with Gasteiger partial charge in [-0.2, -0.15) is 0 Å². The minimum absolute atomic E-state index is 0.228. The molecule has 0 fully saturated rings. The molecule has 0 saturated heterocycles. The largest absolute Gasteiger partial charge is 0.489 e. The van der Waals surface area contributed by atoms with E-state index in [4.69, 9.17) is 16.3 Å². The Labute approximate surface area is 162 Å². The maximum Gasteiger partial charge on any atom is 0.124 e. The normalized spacial score (nSPS) is 10.8. The van der Waals surface area contributed by atoms with E-state index in [0.717, 1.165) is 35.4 Å². The molecule has 0 aliphatic heterocycles. The van der Waals surface area contributed by atoms with Crippen LogP contribution in [0.1, 0.15) is 16.7 Å². The fraction of sp³-hybridized carbons (Fsp3) is 0.182. The Hall–Kier alpha value is -2.43. The van der Waals surface area contributed by atoms with E-state index >= 15 is 0 Å². The zero-order valence-corrected chi connectivity index (χ0v) is 15.5. The minimum Gasteiger partial charge on any atom is -0.489 e. The predicted octanol–water partition coefficient (Wildman–Crippen LogP) is 5.53. The average molecular weight is 388 g/mol. The van der Waals surface area contributed by atoms with Crippen LogP contribution in [0, 0.1) is 11.6 Å². The van der Waals surface area contributed by atoms with Crippen molar-refractivity contribution in [2.75, 3.05) is 6.54 Å². The van der Waals surface area contributed by atoms with Gasteiger partial charge in [0.1, 0.15) is 24.0 Å². The van der Waals surface area contributed by atoms with Gasteiger partial charge >= 0.3 is 0 Å². The van der Waals surface area contributed by atoms with Gasteiger partial charge in [0.25, 0.3) is 0 Å². The Bertz CT molecular complexity index is 866. The van der Waals surface area contributed by atoms with Gasteiger partial charge in [-0.15, -0.1) is 0 Å². The van der Waals surface area contributed by atoms with E-state index in [1.807, 2.05) is 12.1 Å². The molecule has 1 N–H and O–H groups in total. The Morgan fingerprint density at radius 1 is 0.815 bits per heavy atom. The van der Waals surface area contributed by atoms with Gasteiger partial charge in [0, 0.05) is 17.1 Å². The van der Waals surface area contributed by atoms with Crippen molar-refractivity contribution in [1.82, 2.24) is 5.32 Å². The number of ether oxygens (including phenoxy) is 1. The number of hydrogen-bond donors (Lipinski definition) is 1. The first kappa shape index (κ1) is 19.3. The molecule has 27 heavy (non-hydrogen) atoms. The summed E-state index contributed by atoms with van der Waals surface area (Å²) in [7, 11) is 0. The molecule has 0 radical (unpaired) electrons. The van der Waals surface area contributed by atoms with Crippen molar-refractivity contribution in [3.05, 3.63) is 100 Å². The van der Waals surface area contributed by atoms with E-state index in [0.29, 0.717) is 18.2 Å². The van der Waals surface area contributed by atoms with Crippen molar-refractivity contribution < 1.29 is 13.5 Å². The lowest BCUT2D eigenvalue weighted by Gasteiger charge is -2.13. The van der Waals surface area contributed by atoms with Crippen LogP contribution >= 0.6 is 11.6 Å². The molecule has 3 rings (SSSR count). The van der Waals surface area contributed by atoms with Gasteiger partial charge in [0.15, 0.2) is 0 Å². The average Bonchev–Trinajstić information content (AvgIpc) is 2.67.